The molecular weight excluding hydrogens is 314 g/mol. The highest BCUT2D eigenvalue weighted by Crippen LogP contribution is 2.30. The summed E-state index contributed by atoms with van der Waals surface area (Å²) in [5.74, 6) is 2.73. The Morgan fingerprint density at radius 1 is 1.30 bits per heavy atom. The molecule has 122 valence electrons. The Morgan fingerprint density at radius 2 is 2.09 bits per heavy atom. The van der Waals surface area contributed by atoms with Crippen molar-refractivity contribution in [2.75, 3.05) is 30.4 Å². The van der Waals surface area contributed by atoms with E-state index >= 15 is 0 Å². The molecule has 1 aliphatic heterocycles. The first-order valence-electron chi connectivity index (χ1n) is 7.71. The van der Waals surface area contributed by atoms with E-state index in [0.717, 1.165) is 37.5 Å². The molecule has 1 fully saturated rings. The molecule has 1 N–H and O–H groups in total. The van der Waals surface area contributed by atoms with E-state index in [1.165, 1.54) is 0 Å². The van der Waals surface area contributed by atoms with Crippen LogP contribution in [0.4, 0.5) is 17.5 Å². The molecule has 2 aromatic rings. The van der Waals surface area contributed by atoms with Gasteiger partial charge in [0, 0.05) is 18.1 Å². The van der Waals surface area contributed by atoms with Crippen molar-refractivity contribution >= 4 is 29.1 Å². The van der Waals surface area contributed by atoms with Gasteiger partial charge in [-0.1, -0.05) is 18.5 Å². The molecule has 0 aliphatic carbocycles. The maximum Gasteiger partial charge on any atom is 0.247 e. The lowest BCUT2D eigenvalue weighted by atomic mass is 10.00. The minimum Gasteiger partial charge on any atom is -0.495 e. The van der Waals surface area contributed by atoms with Gasteiger partial charge in [0.25, 0.3) is 0 Å². The van der Waals surface area contributed by atoms with Crippen LogP contribution in [0.1, 0.15) is 19.8 Å². The molecule has 1 aliphatic rings. The minimum absolute atomic E-state index is 0.620. The van der Waals surface area contributed by atoms with Crippen LogP contribution in [0.3, 0.4) is 0 Å². The number of benzene rings is 1. The highest BCUT2D eigenvalue weighted by molar-refractivity contribution is 6.31. The molecule has 7 heteroatoms. The van der Waals surface area contributed by atoms with Gasteiger partial charge in [0.05, 0.1) is 19.0 Å². The number of methoxy groups -OCH3 is 1. The van der Waals surface area contributed by atoms with Crippen LogP contribution < -0.4 is 15.0 Å². The summed E-state index contributed by atoms with van der Waals surface area (Å²) in [7, 11) is 1.62. The van der Waals surface area contributed by atoms with E-state index in [9.17, 15) is 0 Å². The normalized spacial score (nSPS) is 15.5. The number of nitrogens with one attached hydrogen (secondary N) is 1. The van der Waals surface area contributed by atoms with Gasteiger partial charge >= 0.3 is 0 Å². The Kier molecular flexibility index (Phi) is 4.81. The third-order valence-corrected chi connectivity index (χ3v) is 4.27. The Labute approximate surface area is 140 Å². The predicted octanol–water partition coefficient (Wildman–Crippen LogP) is 3.51. The molecule has 0 atom stereocenters. The molecule has 0 radical (unpaired) electrons. The molecule has 2 heterocycles. The molecule has 23 heavy (non-hydrogen) atoms. The third kappa shape index (κ3) is 3.82. The van der Waals surface area contributed by atoms with Crippen LogP contribution in [0, 0.1) is 5.92 Å². The number of aromatic nitrogens is 3. The van der Waals surface area contributed by atoms with Crippen molar-refractivity contribution in [3.63, 3.8) is 0 Å². The zero-order valence-corrected chi connectivity index (χ0v) is 14.0. The molecule has 1 saturated heterocycles. The second kappa shape index (κ2) is 7.00. The van der Waals surface area contributed by atoms with Crippen molar-refractivity contribution in [1.29, 1.82) is 0 Å². The number of halogens is 1. The Hall–Kier alpha value is -2.08. The van der Waals surface area contributed by atoms with Gasteiger partial charge in [0.1, 0.15) is 5.75 Å². The van der Waals surface area contributed by atoms with Gasteiger partial charge in [0.15, 0.2) is 5.82 Å². The fourth-order valence-corrected chi connectivity index (χ4v) is 2.78. The molecule has 0 bridgehead atoms. The number of nitrogens with zero attached hydrogens (tertiary/aromatic N) is 4. The number of hydrogen-bond acceptors (Lipinski definition) is 6. The maximum atomic E-state index is 6.05. The first kappa shape index (κ1) is 15.8. The van der Waals surface area contributed by atoms with Crippen molar-refractivity contribution in [1.82, 2.24) is 15.2 Å². The molecule has 0 unspecified atom stereocenters. The van der Waals surface area contributed by atoms with Crippen molar-refractivity contribution in [2.45, 2.75) is 19.8 Å². The van der Waals surface area contributed by atoms with Crippen LogP contribution in [0.5, 0.6) is 5.75 Å². The summed E-state index contributed by atoms with van der Waals surface area (Å²) in [5, 5.41) is 12.0. The Bertz CT molecular complexity index is 673. The largest absolute Gasteiger partial charge is 0.495 e. The predicted molar refractivity (Wildman–Crippen MR) is 91.7 cm³/mol. The number of rotatable bonds is 4. The quantitative estimate of drug-likeness (QED) is 0.923. The molecular formula is C16H20ClN5O. The first-order valence-corrected chi connectivity index (χ1v) is 8.08. The van der Waals surface area contributed by atoms with Crippen LogP contribution >= 0.6 is 11.6 Å². The van der Waals surface area contributed by atoms with Gasteiger partial charge in [-0.2, -0.15) is 10.1 Å². The molecule has 1 aromatic heterocycles. The Morgan fingerprint density at radius 3 is 2.83 bits per heavy atom. The summed E-state index contributed by atoms with van der Waals surface area (Å²) in [6.07, 6.45) is 3.91. The summed E-state index contributed by atoms with van der Waals surface area (Å²) in [6, 6.07) is 5.39. The fraction of sp³-hybridized carbons (Fsp3) is 0.438. The second-order valence-electron chi connectivity index (χ2n) is 5.78. The van der Waals surface area contributed by atoms with Crippen molar-refractivity contribution < 1.29 is 4.74 Å². The highest BCUT2D eigenvalue weighted by atomic mass is 35.5. The number of hydrogen-bond donors (Lipinski definition) is 1. The van der Waals surface area contributed by atoms with E-state index < -0.39 is 0 Å². The lowest BCUT2D eigenvalue weighted by Gasteiger charge is -2.29. The highest BCUT2D eigenvalue weighted by Gasteiger charge is 2.18. The van der Waals surface area contributed by atoms with E-state index in [1.54, 1.807) is 25.4 Å². The van der Waals surface area contributed by atoms with Gasteiger partial charge in [-0.3, -0.25) is 0 Å². The summed E-state index contributed by atoms with van der Waals surface area (Å²) < 4.78 is 5.34. The van der Waals surface area contributed by atoms with E-state index in [1.807, 2.05) is 6.07 Å². The molecule has 0 saturated carbocycles. The molecule has 0 amide bonds. The van der Waals surface area contributed by atoms with Gasteiger partial charge < -0.3 is 15.0 Å². The summed E-state index contributed by atoms with van der Waals surface area (Å²) in [6.45, 7) is 4.21. The van der Waals surface area contributed by atoms with E-state index in [4.69, 9.17) is 16.3 Å². The van der Waals surface area contributed by atoms with Crippen LogP contribution in [-0.4, -0.2) is 35.4 Å². The lowest BCUT2D eigenvalue weighted by Crippen LogP contribution is -2.34. The van der Waals surface area contributed by atoms with E-state index in [2.05, 4.69) is 32.3 Å². The average Bonchev–Trinajstić information content (AvgIpc) is 2.56. The monoisotopic (exact) mass is 333 g/mol. The molecule has 6 nitrogen and oxygen atoms in total. The SMILES string of the molecule is COc1ccc(Cl)cc1Nc1cnnc(N2CCC(C)CC2)n1. The van der Waals surface area contributed by atoms with Crippen molar-refractivity contribution in [2.24, 2.45) is 5.92 Å². The molecule has 3 rings (SSSR count). The van der Waals surface area contributed by atoms with Crippen molar-refractivity contribution in [3.05, 3.63) is 29.4 Å². The zero-order chi connectivity index (χ0) is 16.2. The zero-order valence-electron chi connectivity index (χ0n) is 13.3. The van der Waals surface area contributed by atoms with Crippen LogP contribution in [-0.2, 0) is 0 Å². The second-order valence-corrected chi connectivity index (χ2v) is 6.22. The van der Waals surface area contributed by atoms with Gasteiger partial charge in [-0.25, -0.2) is 0 Å². The third-order valence-electron chi connectivity index (χ3n) is 4.04. The summed E-state index contributed by atoms with van der Waals surface area (Å²) in [5.41, 5.74) is 0.749. The number of anilines is 3. The van der Waals surface area contributed by atoms with Crippen LogP contribution in [0.15, 0.2) is 24.4 Å². The summed E-state index contributed by atoms with van der Waals surface area (Å²) >= 11 is 6.05. The van der Waals surface area contributed by atoms with Gasteiger partial charge in [-0.05, 0) is 37.0 Å². The molecule has 1 aromatic carbocycles. The molecule has 0 spiro atoms. The van der Waals surface area contributed by atoms with Gasteiger partial charge in [0.2, 0.25) is 5.95 Å². The first-order chi connectivity index (χ1) is 11.2. The number of ether oxygens (including phenoxy) is 1. The maximum absolute atomic E-state index is 6.05. The van der Waals surface area contributed by atoms with E-state index in [0.29, 0.717) is 22.5 Å². The lowest BCUT2D eigenvalue weighted by molar-refractivity contribution is 0.417. The smallest absolute Gasteiger partial charge is 0.247 e. The fourth-order valence-electron chi connectivity index (χ4n) is 2.61. The number of piperidine rings is 1. The van der Waals surface area contributed by atoms with Gasteiger partial charge in [-0.15, -0.1) is 5.10 Å². The average molecular weight is 334 g/mol. The van der Waals surface area contributed by atoms with E-state index in [-0.39, 0.29) is 0 Å². The topological polar surface area (TPSA) is 63.2 Å². The van der Waals surface area contributed by atoms with Crippen LogP contribution in [0.25, 0.3) is 0 Å². The van der Waals surface area contributed by atoms with Crippen LogP contribution in [0.2, 0.25) is 5.02 Å². The van der Waals surface area contributed by atoms with Crippen molar-refractivity contribution in [3.8, 4) is 5.75 Å². The Balaban J connectivity index is 1.79. The standard InChI is InChI=1S/C16H20ClN5O/c1-11-5-7-22(8-6-11)16-20-15(10-18-21-16)19-13-9-12(17)3-4-14(13)23-2/h3-4,9-11H,5-8H2,1-2H3,(H,19,20,21). The minimum atomic E-state index is 0.620. The summed E-state index contributed by atoms with van der Waals surface area (Å²) in [4.78, 5) is 6.74.